The van der Waals surface area contributed by atoms with Crippen LogP contribution in [0, 0.1) is 0 Å². The van der Waals surface area contributed by atoms with E-state index in [9.17, 15) is 0 Å². The van der Waals surface area contributed by atoms with Gasteiger partial charge < -0.3 is 9.88 Å². The molecule has 2 heterocycles. The number of hydrogen-bond donors (Lipinski definition) is 1. The molecule has 98 valence electrons. The minimum Gasteiger partial charge on any atom is -0.311 e. The zero-order valence-corrected chi connectivity index (χ0v) is 11.2. The van der Waals surface area contributed by atoms with Crippen molar-refractivity contribution in [2.24, 2.45) is 0 Å². The predicted molar refractivity (Wildman–Crippen MR) is 75.6 cm³/mol. The molecule has 0 unspecified atom stereocenters. The molecule has 0 saturated heterocycles. The molecule has 1 aliphatic heterocycles. The first-order valence-corrected chi connectivity index (χ1v) is 7.30. The lowest BCUT2D eigenvalue weighted by atomic mass is 9.90. The van der Waals surface area contributed by atoms with Crippen LogP contribution < -0.4 is 5.32 Å². The van der Waals surface area contributed by atoms with E-state index in [0.717, 1.165) is 19.5 Å². The van der Waals surface area contributed by atoms with Gasteiger partial charge in [0.25, 0.3) is 0 Å². The number of imidazole rings is 1. The maximum atomic E-state index is 4.58. The highest BCUT2D eigenvalue weighted by molar-refractivity contribution is 5.49. The van der Waals surface area contributed by atoms with E-state index in [1.165, 1.54) is 42.8 Å². The fourth-order valence-corrected chi connectivity index (χ4v) is 3.43. The van der Waals surface area contributed by atoms with Gasteiger partial charge in [0.1, 0.15) is 0 Å². The molecule has 19 heavy (non-hydrogen) atoms. The molecule has 4 rings (SSSR count). The number of rotatable bonds is 1. The van der Waals surface area contributed by atoms with Crippen LogP contribution in [0.15, 0.2) is 24.5 Å². The van der Waals surface area contributed by atoms with Crippen molar-refractivity contribution >= 4 is 0 Å². The molecule has 3 heteroatoms. The Morgan fingerprint density at radius 3 is 3.05 bits per heavy atom. The first-order valence-electron chi connectivity index (χ1n) is 7.30. The highest BCUT2D eigenvalue weighted by Gasteiger charge is 2.19. The zero-order valence-electron chi connectivity index (χ0n) is 11.2. The number of benzene rings is 1. The number of nitrogens with one attached hydrogen (secondary N) is 1. The summed E-state index contributed by atoms with van der Waals surface area (Å²) in [7, 11) is 0. The van der Waals surface area contributed by atoms with Gasteiger partial charge in [0.05, 0.1) is 17.7 Å². The topological polar surface area (TPSA) is 29.9 Å². The Bertz CT molecular complexity index is 612. The van der Waals surface area contributed by atoms with Gasteiger partial charge in [-0.2, -0.15) is 0 Å². The molecule has 0 bridgehead atoms. The molecule has 1 aromatic carbocycles. The third-order valence-electron chi connectivity index (χ3n) is 4.41. The summed E-state index contributed by atoms with van der Waals surface area (Å²) < 4.78 is 2.33. The molecular weight excluding hydrogens is 234 g/mol. The fourth-order valence-electron chi connectivity index (χ4n) is 3.43. The van der Waals surface area contributed by atoms with E-state index in [-0.39, 0.29) is 0 Å². The molecule has 0 saturated carbocycles. The summed E-state index contributed by atoms with van der Waals surface area (Å²) in [5.74, 6) is 0. The lowest BCUT2D eigenvalue weighted by molar-refractivity contribution is 0.618. The molecular formula is C16H19N3. The molecule has 0 atom stereocenters. The van der Waals surface area contributed by atoms with Gasteiger partial charge in [-0.1, -0.05) is 12.1 Å². The average molecular weight is 253 g/mol. The fraction of sp³-hybridized carbons (Fsp3) is 0.438. The van der Waals surface area contributed by atoms with Crippen LogP contribution in [0.3, 0.4) is 0 Å². The Kier molecular flexibility index (Phi) is 2.66. The largest absolute Gasteiger partial charge is 0.311 e. The first kappa shape index (κ1) is 11.2. The molecule has 0 spiro atoms. The van der Waals surface area contributed by atoms with Gasteiger partial charge in [0.2, 0.25) is 0 Å². The Morgan fingerprint density at radius 2 is 2.05 bits per heavy atom. The van der Waals surface area contributed by atoms with Crippen LogP contribution >= 0.6 is 0 Å². The highest BCUT2D eigenvalue weighted by atomic mass is 15.1. The van der Waals surface area contributed by atoms with Crippen LogP contribution in [-0.2, 0) is 25.8 Å². The van der Waals surface area contributed by atoms with Crippen LogP contribution in [0.1, 0.15) is 35.4 Å². The van der Waals surface area contributed by atoms with Crippen molar-refractivity contribution in [3.63, 3.8) is 0 Å². The second kappa shape index (κ2) is 4.49. The minimum absolute atomic E-state index is 0.914. The SMILES string of the molecule is c1cc2c(c(-n3cnc4c3CCNC4)c1)CCCC2. The van der Waals surface area contributed by atoms with E-state index in [2.05, 4.69) is 33.1 Å². The normalized spacial score (nSPS) is 17.9. The minimum atomic E-state index is 0.914. The van der Waals surface area contributed by atoms with Gasteiger partial charge in [-0.3, -0.25) is 0 Å². The van der Waals surface area contributed by atoms with Crippen LogP contribution in [0.4, 0.5) is 0 Å². The van der Waals surface area contributed by atoms with Gasteiger partial charge in [-0.25, -0.2) is 4.98 Å². The Labute approximate surface area is 113 Å². The quantitative estimate of drug-likeness (QED) is 0.845. The highest BCUT2D eigenvalue weighted by Crippen LogP contribution is 2.28. The van der Waals surface area contributed by atoms with Gasteiger partial charge in [0.15, 0.2) is 0 Å². The van der Waals surface area contributed by atoms with E-state index in [1.807, 2.05) is 6.33 Å². The molecule has 2 aliphatic rings. The van der Waals surface area contributed by atoms with Crippen molar-refractivity contribution < 1.29 is 0 Å². The second-order valence-electron chi connectivity index (χ2n) is 5.56. The molecule has 1 N–H and O–H groups in total. The summed E-state index contributed by atoms with van der Waals surface area (Å²) in [4.78, 5) is 4.58. The van der Waals surface area contributed by atoms with Gasteiger partial charge >= 0.3 is 0 Å². The molecule has 2 aromatic rings. The van der Waals surface area contributed by atoms with Crippen molar-refractivity contribution in [1.82, 2.24) is 14.9 Å². The molecule has 0 fully saturated rings. The molecule has 1 aromatic heterocycles. The monoisotopic (exact) mass is 253 g/mol. The number of hydrogen-bond acceptors (Lipinski definition) is 2. The first-order chi connectivity index (χ1) is 9.43. The lowest BCUT2D eigenvalue weighted by Crippen LogP contribution is -2.25. The van der Waals surface area contributed by atoms with E-state index < -0.39 is 0 Å². The maximum absolute atomic E-state index is 4.58. The molecule has 1 aliphatic carbocycles. The summed E-state index contributed by atoms with van der Waals surface area (Å²) in [5, 5.41) is 3.39. The number of fused-ring (bicyclic) bond motifs is 2. The van der Waals surface area contributed by atoms with Crippen molar-refractivity contribution in [2.75, 3.05) is 6.54 Å². The van der Waals surface area contributed by atoms with Gasteiger partial charge in [-0.15, -0.1) is 0 Å². The standard InChI is InChI=1S/C16H19N3/c1-2-6-13-12(4-1)5-3-7-15(13)19-11-18-14-10-17-9-8-16(14)19/h3,5,7,11,17H,1-2,4,6,8-10H2. The maximum Gasteiger partial charge on any atom is 0.0998 e. The number of aromatic nitrogens is 2. The molecule has 0 amide bonds. The van der Waals surface area contributed by atoms with Gasteiger partial charge in [0, 0.05) is 25.2 Å². The third-order valence-corrected chi connectivity index (χ3v) is 4.41. The van der Waals surface area contributed by atoms with Crippen LogP contribution in [0.2, 0.25) is 0 Å². The average Bonchev–Trinajstić information content (AvgIpc) is 2.90. The summed E-state index contributed by atoms with van der Waals surface area (Å²) in [6.45, 7) is 1.98. The summed E-state index contributed by atoms with van der Waals surface area (Å²) in [5.41, 5.74) is 7.08. The van der Waals surface area contributed by atoms with E-state index >= 15 is 0 Å². The van der Waals surface area contributed by atoms with Crippen molar-refractivity contribution in [3.05, 3.63) is 47.0 Å². The second-order valence-corrected chi connectivity index (χ2v) is 5.56. The summed E-state index contributed by atoms with van der Waals surface area (Å²) in [6, 6.07) is 6.75. The van der Waals surface area contributed by atoms with Crippen LogP contribution in [0.25, 0.3) is 5.69 Å². The third kappa shape index (κ3) is 1.80. The smallest absolute Gasteiger partial charge is 0.0998 e. The number of aryl methyl sites for hydroxylation is 1. The van der Waals surface area contributed by atoms with Gasteiger partial charge in [-0.05, 0) is 42.9 Å². The summed E-state index contributed by atoms with van der Waals surface area (Å²) >= 11 is 0. The summed E-state index contributed by atoms with van der Waals surface area (Å²) in [6.07, 6.45) is 8.21. The van der Waals surface area contributed by atoms with Crippen molar-refractivity contribution in [1.29, 1.82) is 0 Å². The van der Waals surface area contributed by atoms with Crippen LogP contribution in [-0.4, -0.2) is 16.1 Å². The molecule has 0 radical (unpaired) electrons. The van der Waals surface area contributed by atoms with Crippen molar-refractivity contribution in [3.8, 4) is 5.69 Å². The van der Waals surface area contributed by atoms with E-state index in [0.29, 0.717) is 0 Å². The van der Waals surface area contributed by atoms with E-state index in [1.54, 1.807) is 11.1 Å². The Morgan fingerprint density at radius 1 is 1.11 bits per heavy atom. The van der Waals surface area contributed by atoms with E-state index in [4.69, 9.17) is 0 Å². The van der Waals surface area contributed by atoms with Crippen LogP contribution in [0.5, 0.6) is 0 Å². The zero-order chi connectivity index (χ0) is 12.7. The Hall–Kier alpha value is -1.61. The number of nitrogens with zero attached hydrogens (tertiary/aromatic N) is 2. The molecule has 3 nitrogen and oxygen atoms in total. The predicted octanol–water partition coefficient (Wildman–Crippen LogP) is 2.40. The van der Waals surface area contributed by atoms with Crippen molar-refractivity contribution in [2.45, 2.75) is 38.6 Å². The Balaban J connectivity index is 1.86. The lowest BCUT2D eigenvalue weighted by Gasteiger charge is -2.22.